The van der Waals surface area contributed by atoms with Crippen LogP contribution in [0.1, 0.15) is 16.5 Å². The van der Waals surface area contributed by atoms with Gasteiger partial charge < -0.3 is 20.9 Å². The molecular formula is C15H19BrN2O2S. The largest absolute Gasteiger partial charge is 0.492 e. The van der Waals surface area contributed by atoms with Gasteiger partial charge in [0.05, 0.1) is 0 Å². The van der Waals surface area contributed by atoms with Crippen LogP contribution in [0.3, 0.4) is 0 Å². The molecule has 0 spiro atoms. The number of rotatable bonds is 8. The lowest BCUT2D eigenvalue weighted by molar-refractivity contribution is 0.178. The molecule has 21 heavy (non-hydrogen) atoms. The van der Waals surface area contributed by atoms with Crippen LogP contribution in [-0.4, -0.2) is 24.8 Å². The van der Waals surface area contributed by atoms with Gasteiger partial charge in [0.25, 0.3) is 0 Å². The van der Waals surface area contributed by atoms with Crippen LogP contribution in [0.2, 0.25) is 0 Å². The second kappa shape index (κ2) is 8.51. The summed E-state index contributed by atoms with van der Waals surface area (Å²) in [6.45, 7) is 2.14. The van der Waals surface area contributed by atoms with E-state index in [-0.39, 0.29) is 0 Å². The lowest BCUT2D eigenvalue weighted by Gasteiger charge is -2.13. The molecule has 4 N–H and O–H groups in total. The van der Waals surface area contributed by atoms with Gasteiger partial charge in [-0.2, -0.15) is 0 Å². The molecule has 4 nitrogen and oxygen atoms in total. The fraction of sp³-hybridized carbons (Fsp3) is 0.333. The molecule has 0 bridgehead atoms. The molecule has 1 aromatic carbocycles. The van der Waals surface area contributed by atoms with Crippen LogP contribution in [0.15, 0.2) is 40.2 Å². The van der Waals surface area contributed by atoms with Crippen LogP contribution in [0, 0.1) is 0 Å². The number of ether oxygens (including phenoxy) is 1. The van der Waals surface area contributed by atoms with E-state index >= 15 is 0 Å². The highest BCUT2D eigenvalue weighted by Gasteiger charge is 2.10. The standard InChI is InChI=1S/C15H19BrN2O2S/c16-12-7-15(21-10-12)13(19)9-18-8-11-3-1-2-4-14(11)20-6-5-17/h1-4,7,10,13,18-19H,5-6,8-9,17H2/t13-/m0/s1. The zero-order valence-corrected chi connectivity index (χ0v) is 14.0. The van der Waals surface area contributed by atoms with Crippen molar-refractivity contribution in [3.8, 4) is 5.75 Å². The van der Waals surface area contributed by atoms with E-state index in [4.69, 9.17) is 10.5 Å². The van der Waals surface area contributed by atoms with Gasteiger partial charge in [0.15, 0.2) is 0 Å². The predicted molar refractivity (Wildman–Crippen MR) is 89.7 cm³/mol. The van der Waals surface area contributed by atoms with Gasteiger partial charge in [0, 0.05) is 39.9 Å². The minimum Gasteiger partial charge on any atom is -0.492 e. The van der Waals surface area contributed by atoms with E-state index in [2.05, 4.69) is 21.2 Å². The van der Waals surface area contributed by atoms with Crippen molar-refractivity contribution in [2.24, 2.45) is 5.73 Å². The predicted octanol–water partition coefficient (Wildman–Crippen LogP) is 2.67. The number of benzene rings is 1. The molecule has 0 aliphatic rings. The van der Waals surface area contributed by atoms with E-state index in [1.54, 1.807) is 11.3 Å². The molecule has 0 amide bonds. The summed E-state index contributed by atoms with van der Waals surface area (Å²) in [5.41, 5.74) is 6.52. The van der Waals surface area contributed by atoms with Gasteiger partial charge in [-0.25, -0.2) is 0 Å². The van der Waals surface area contributed by atoms with Crippen LogP contribution in [0.25, 0.3) is 0 Å². The molecule has 0 aliphatic heterocycles. The Bertz CT molecular complexity index is 562. The maximum Gasteiger partial charge on any atom is 0.123 e. The molecular weight excluding hydrogens is 352 g/mol. The third kappa shape index (κ3) is 5.09. The number of halogens is 1. The molecule has 0 saturated heterocycles. The molecule has 114 valence electrons. The third-order valence-electron chi connectivity index (χ3n) is 2.92. The van der Waals surface area contributed by atoms with Gasteiger partial charge in [-0.3, -0.25) is 0 Å². The van der Waals surface area contributed by atoms with Gasteiger partial charge in [0.2, 0.25) is 0 Å². The van der Waals surface area contributed by atoms with E-state index in [1.807, 2.05) is 35.7 Å². The van der Waals surface area contributed by atoms with E-state index in [9.17, 15) is 5.11 Å². The number of hydrogen-bond donors (Lipinski definition) is 3. The van der Waals surface area contributed by atoms with Crippen LogP contribution < -0.4 is 15.8 Å². The first-order valence-corrected chi connectivity index (χ1v) is 8.41. The van der Waals surface area contributed by atoms with Crippen LogP contribution >= 0.6 is 27.3 Å². The fourth-order valence-corrected chi connectivity index (χ4v) is 3.34. The maximum absolute atomic E-state index is 10.1. The number of para-hydroxylation sites is 1. The molecule has 1 atom stereocenters. The summed E-state index contributed by atoms with van der Waals surface area (Å²) in [7, 11) is 0. The first-order chi connectivity index (χ1) is 10.2. The van der Waals surface area contributed by atoms with Crippen molar-refractivity contribution in [2.75, 3.05) is 19.7 Å². The first-order valence-electron chi connectivity index (χ1n) is 6.74. The van der Waals surface area contributed by atoms with Gasteiger partial charge in [0.1, 0.15) is 18.5 Å². The summed E-state index contributed by atoms with van der Waals surface area (Å²) in [5, 5.41) is 15.3. The summed E-state index contributed by atoms with van der Waals surface area (Å²) < 4.78 is 6.60. The Kier molecular flexibility index (Phi) is 6.66. The minimum atomic E-state index is -0.501. The second-order valence-electron chi connectivity index (χ2n) is 4.56. The van der Waals surface area contributed by atoms with Crippen LogP contribution in [0.5, 0.6) is 5.75 Å². The molecule has 1 aromatic heterocycles. The highest BCUT2D eigenvalue weighted by Crippen LogP contribution is 2.25. The van der Waals surface area contributed by atoms with Crippen molar-refractivity contribution in [1.82, 2.24) is 5.32 Å². The van der Waals surface area contributed by atoms with Gasteiger partial charge in [-0.05, 0) is 28.1 Å². The average molecular weight is 371 g/mol. The maximum atomic E-state index is 10.1. The highest BCUT2D eigenvalue weighted by molar-refractivity contribution is 9.10. The van der Waals surface area contributed by atoms with Crippen molar-refractivity contribution < 1.29 is 9.84 Å². The van der Waals surface area contributed by atoms with E-state index in [0.717, 1.165) is 20.7 Å². The first kappa shape index (κ1) is 16.5. The zero-order valence-electron chi connectivity index (χ0n) is 11.6. The van der Waals surface area contributed by atoms with Crippen LogP contribution in [-0.2, 0) is 6.54 Å². The van der Waals surface area contributed by atoms with Gasteiger partial charge >= 0.3 is 0 Å². The molecule has 6 heteroatoms. The summed E-state index contributed by atoms with van der Waals surface area (Å²) in [4.78, 5) is 0.946. The molecule has 0 fully saturated rings. The van der Waals surface area contributed by atoms with E-state index in [1.165, 1.54) is 0 Å². The van der Waals surface area contributed by atoms with Gasteiger partial charge in [-0.15, -0.1) is 11.3 Å². The van der Waals surface area contributed by atoms with Gasteiger partial charge in [-0.1, -0.05) is 18.2 Å². The Balaban J connectivity index is 1.85. The molecule has 0 unspecified atom stereocenters. The van der Waals surface area contributed by atoms with E-state index in [0.29, 0.717) is 26.2 Å². The fourth-order valence-electron chi connectivity index (χ4n) is 1.91. The van der Waals surface area contributed by atoms with Crippen molar-refractivity contribution in [2.45, 2.75) is 12.6 Å². The molecule has 0 aliphatic carbocycles. The van der Waals surface area contributed by atoms with Crippen molar-refractivity contribution in [3.05, 3.63) is 50.6 Å². The summed E-state index contributed by atoms with van der Waals surface area (Å²) in [6.07, 6.45) is -0.501. The van der Waals surface area contributed by atoms with Crippen molar-refractivity contribution >= 4 is 27.3 Å². The number of thiophene rings is 1. The third-order valence-corrected chi connectivity index (χ3v) is 4.71. The number of nitrogens with two attached hydrogens (primary N) is 1. The molecule has 0 saturated carbocycles. The zero-order chi connectivity index (χ0) is 15.1. The SMILES string of the molecule is NCCOc1ccccc1CNC[C@H](O)c1cc(Br)cs1. The number of hydrogen-bond acceptors (Lipinski definition) is 5. The normalized spacial score (nSPS) is 12.3. The molecule has 2 aromatic rings. The quantitative estimate of drug-likeness (QED) is 0.668. The van der Waals surface area contributed by atoms with Crippen molar-refractivity contribution in [1.29, 1.82) is 0 Å². The van der Waals surface area contributed by atoms with Crippen molar-refractivity contribution in [3.63, 3.8) is 0 Å². The monoisotopic (exact) mass is 370 g/mol. The highest BCUT2D eigenvalue weighted by atomic mass is 79.9. The minimum absolute atomic E-state index is 0.494. The Morgan fingerprint density at radius 1 is 1.38 bits per heavy atom. The Labute approximate surface area is 137 Å². The smallest absolute Gasteiger partial charge is 0.123 e. The molecule has 0 radical (unpaired) electrons. The van der Waals surface area contributed by atoms with Crippen LogP contribution in [0.4, 0.5) is 0 Å². The number of aliphatic hydroxyl groups excluding tert-OH is 1. The summed E-state index contributed by atoms with van der Waals surface area (Å²) in [5.74, 6) is 0.837. The Morgan fingerprint density at radius 3 is 2.90 bits per heavy atom. The Hall–Kier alpha value is -0.920. The lowest BCUT2D eigenvalue weighted by atomic mass is 10.2. The summed E-state index contributed by atoms with van der Waals surface area (Å²) >= 11 is 4.93. The Morgan fingerprint density at radius 2 is 2.19 bits per heavy atom. The number of nitrogens with one attached hydrogen (secondary N) is 1. The lowest BCUT2D eigenvalue weighted by Crippen LogP contribution is -2.21. The van der Waals surface area contributed by atoms with E-state index < -0.39 is 6.10 Å². The molecule has 2 rings (SSSR count). The number of aliphatic hydroxyl groups is 1. The topological polar surface area (TPSA) is 67.5 Å². The molecule has 1 heterocycles. The summed E-state index contributed by atoms with van der Waals surface area (Å²) in [6, 6.07) is 9.79. The second-order valence-corrected chi connectivity index (χ2v) is 6.42. The average Bonchev–Trinajstić information content (AvgIpc) is 2.93.